The summed E-state index contributed by atoms with van der Waals surface area (Å²) < 4.78 is 5.97. The third-order valence-electron chi connectivity index (χ3n) is 6.85. The van der Waals surface area contributed by atoms with Crippen LogP contribution in [0.1, 0.15) is 38.2 Å². The number of hydrogen-bond donors (Lipinski definition) is 2. The van der Waals surface area contributed by atoms with Crippen molar-refractivity contribution in [3.63, 3.8) is 0 Å². The van der Waals surface area contributed by atoms with E-state index in [2.05, 4.69) is 21.6 Å². The lowest BCUT2D eigenvalue weighted by atomic mass is 9.68. The number of methoxy groups -OCH3 is 1. The smallest absolute Gasteiger partial charge is 0.234 e. The number of Topliss-reactive ketones (excluding diaryl/α,β-unsaturated/α-hetero) is 1. The minimum absolute atomic E-state index is 0.0349. The molecule has 1 aromatic heterocycles. The molecule has 0 bridgehead atoms. The molecule has 9 nitrogen and oxygen atoms in total. The van der Waals surface area contributed by atoms with E-state index in [-0.39, 0.29) is 34.3 Å². The number of nitriles is 1. The summed E-state index contributed by atoms with van der Waals surface area (Å²) in [7, 11) is 1.57. The van der Waals surface area contributed by atoms with Gasteiger partial charge in [0.1, 0.15) is 11.6 Å². The van der Waals surface area contributed by atoms with E-state index in [4.69, 9.17) is 22.1 Å². The first-order chi connectivity index (χ1) is 19.6. The van der Waals surface area contributed by atoms with Gasteiger partial charge in [-0.15, -0.1) is 10.2 Å². The van der Waals surface area contributed by atoms with Crippen LogP contribution in [-0.4, -0.2) is 34.8 Å². The average molecular weight is 607 g/mol. The highest BCUT2D eigenvalue weighted by atomic mass is 35.5. The molecule has 41 heavy (non-hydrogen) atoms. The maximum Gasteiger partial charge on any atom is 0.234 e. The predicted molar refractivity (Wildman–Crippen MR) is 161 cm³/mol. The Morgan fingerprint density at radius 1 is 1.27 bits per heavy atom. The Hall–Kier alpha value is -3.85. The first-order valence-corrected chi connectivity index (χ1v) is 14.9. The van der Waals surface area contributed by atoms with Crippen LogP contribution < -0.4 is 20.7 Å². The molecule has 2 aromatic carbocycles. The number of nitrogens with zero attached hydrogens (tertiary/aromatic N) is 4. The Kier molecular flexibility index (Phi) is 8.09. The molecule has 0 spiro atoms. The van der Waals surface area contributed by atoms with Gasteiger partial charge in [-0.3, -0.25) is 14.5 Å². The number of rotatable bonds is 7. The van der Waals surface area contributed by atoms with Gasteiger partial charge in [-0.1, -0.05) is 60.7 Å². The number of halogens is 1. The normalized spacial score (nSPS) is 18.2. The van der Waals surface area contributed by atoms with Gasteiger partial charge in [0.2, 0.25) is 11.0 Å². The van der Waals surface area contributed by atoms with Gasteiger partial charge in [-0.2, -0.15) is 5.26 Å². The Morgan fingerprint density at radius 3 is 2.73 bits per heavy atom. The molecule has 3 N–H and O–H groups in total. The van der Waals surface area contributed by atoms with Crippen LogP contribution in [0.25, 0.3) is 0 Å². The maximum atomic E-state index is 13.7. The van der Waals surface area contributed by atoms with Crippen molar-refractivity contribution in [1.82, 2.24) is 10.2 Å². The van der Waals surface area contributed by atoms with Crippen LogP contribution in [0.3, 0.4) is 0 Å². The second-order valence-corrected chi connectivity index (χ2v) is 13.1. The summed E-state index contributed by atoms with van der Waals surface area (Å²) in [6.45, 7) is 4.07. The predicted octanol–water partition coefficient (Wildman–Crippen LogP) is 5.87. The number of benzene rings is 2. The first-order valence-electron chi connectivity index (χ1n) is 12.7. The molecular formula is C29H27ClN6O3S2. The van der Waals surface area contributed by atoms with E-state index in [0.29, 0.717) is 50.0 Å². The van der Waals surface area contributed by atoms with Gasteiger partial charge in [0.05, 0.1) is 30.4 Å². The third-order valence-corrected chi connectivity index (χ3v) is 9.14. The molecule has 1 aliphatic heterocycles. The number of nitrogens with two attached hydrogens (primary N) is 1. The summed E-state index contributed by atoms with van der Waals surface area (Å²) in [6.07, 6.45) is 0.901. The molecule has 1 atom stereocenters. The zero-order chi connectivity index (χ0) is 29.3. The van der Waals surface area contributed by atoms with Crippen LogP contribution in [0.15, 0.2) is 75.5 Å². The monoisotopic (exact) mass is 606 g/mol. The number of carbonyl (C=O) groups excluding carboxylic acids is 2. The van der Waals surface area contributed by atoms with Gasteiger partial charge in [-0.05, 0) is 53.8 Å². The fraction of sp³-hybridized carbons (Fsp3) is 0.276. The fourth-order valence-corrected chi connectivity index (χ4v) is 6.90. The van der Waals surface area contributed by atoms with Crippen molar-refractivity contribution in [2.24, 2.45) is 11.1 Å². The standard InChI is InChI=1S/C29H27ClN6O3S2/c1-29(2)12-21-25(22(37)13-29)24(16-5-4-6-19(11-16)39-3)20(14-31)26(32)36(21)27-34-35-28(41-27)40-15-23(38)33-18-9-7-17(30)8-10-18/h4-11,24H,12-13,15,32H2,1-3H3,(H,33,38). The van der Waals surface area contributed by atoms with Crippen molar-refractivity contribution in [2.45, 2.75) is 36.9 Å². The van der Waals surface area contributed by atoms with Gasteiger partial charge in [-0.25, -0.2) is 0 Å². The van der Waals surface area contributed by atoms with E-state index < -0.39 is 5.92 Å². The number of hydrogen-bond acceptors (Lipinski definition) is 10. The highest BCUT2D eigenvalue weighted by Crippen LogP contribution is 2.51. The summed E-state index contributed by atoms with van der Waals surface area (Å²) in [5.74, 6) is 0.0818. The fourth-order valence-electron chi connectivity index (χ4n) is 5.09. The van der Waals surface area contributed by atoms with Gasteiger partial charge >= 0.3 is 0 Å². The van der Waals surface area contributed by atoms with Crippen LogP contribution in [0.4, 0.5) is 10.8 Å². The third kappa shape index (κ3) is 5.95. The Morgan fingerprint density at radius 2 is 2.02 bits per heavy atom. The summed E-state index contributed by atoms with van der Waals surface area (Å²) >= 11 is 8.39. The summed E-state index contributed by atoms with van der Waals surface area (Å²) in [4.78, 5) is 27.9. The summed E-state index contributed by atoms with van der Waals surface area (Å²) in [6, 6.07) is 16.5. The Balaban J connectivity index is 1.47. The van der Waals surface area contributed by atoms with E-state index in [9.17, 15) is 14.9 Å². The van der Waals surface area contributed by atoms with Crippen molar-refractivity contribution < 1.29 is 14.3 Å². The number of aromatic nitrogens is 2. The van der Waals surface area contributed by atoms with E-state index in [1.807, 2.05) is 38.1 Å². The second kappa shape index (κ2) is 11.6. The molecule has 1 unspecified atom stereocenters. The molecule has 2 heterocycles. The van der Waals surface area contributed by atoms with E-state index in [1.165, 1.54) is 23.1 Å². The maximum absolute atomic E-state index is 13.7. The number of carbonyl (C=O) groups is 2. The highest BCUT2D eigenvalue weighted by Gasteiger charge is 2.45. The van der Waals surface area contributed by atoms with Crippen LogP contribution >= 0.6 is 34.7 Å². The summed E-state index contributed by atoms with van der Waals surface area (Å²) in [5, 5.41) is 22.7. The second-order valence-electron chi connectivity index (χ2n) is 10.5. The number of ketones is 1. The largest absolute Gasteiger partial charge is 0.497 e. The molecule has 5 rings (SSSR count). The minimum atomic E-state index is -0.622. The number of anilines is 2. The molecule has 0 radical (unpaired) electrons. The van der Waals surface area contributed by atoms with Crippen molar-refractivity contribution in [3.8, 4) is 11.8 Å². The molecule has 0 saturated heterocycles. The lowest BCUT2D eigenvalue weighted by Crippen LogP contribution is -2.42. The van der Waals surface area contributed by atoms with Crippen molar-refractivity contribution in [1.29, 1.82) is 5.26 Å². The molecule has 0 fully saturated rings. The molecular weight excluding hydrogens is 580 g/mol. The van der Waals surface area contributed by atoms with Crippen LogP contribution in [0.5, 0.6) is 5.75 Å². The lowest BCUT2D eigenvalue weighted by molar-refractivity contribution is -0.118. The summed E-state index contributed by atoms with van der Waals surface area (Å²) in [5.41, 5.74) is 9.28. The zero-order valence-corrected chi connectivity index (χ0v) is 25.0. The molecule has 0 saturated carbocycles. The highest BCUT2D eigenvalue weighted by molar-refractivity contribution is 8.01. The van der Waals surface area contributed by atoms with E-state index in [0.717, 1.165) is 5.56 Å². The lowest BCUT2D eigenvalue weighted by Gasteiger charge is -2.42. The number of ether oxygens (including phenoxy) is 1. The molecule has 210 valence electrons. The molecule has 2 aliphatic rings. The van der Waals surface area contributed by atoms with Crippen molar-refractivity contribution >= 4 is 57.2 Å². The van der Waals surface area contributed by atoms with Crippen molar-refractivity contribution in [2.75, 3.05) is 23.1 Å². The van der Waals surface area contributed by atoms with Crippen LogP contribution in [0, 0.1) is 16.7 Å². The number of thioether (sulfide) groups is 1. The minimum Gasteiger partial charge on any atom is -0.497 e. The number of nitrogens with one attached hydrogen (secondary N) is 1. The quantitative estimate of drug-likeness (QED) is 0.316. The molecule has 3 aromatic rings. The Labute approximate surface area is 251 Å². The van der Waals surface area contributed by atoms with E-state index >= 15 is 0 Å². The number of amides is 1. The van der Waals surface area contributed by atoms with Crippen molar-refractivity contribution in [3.05, 3.63) is 81.8 Å². The van der Waals surface area contributed by atoms with Gasteiger partial charge in [0.25, 0.3) is 0 Å². The SMILES string of the molecule is COc1cccc(C2C(C#N)=C(N)N(c3nnc(SCC(=O)Nc4ccc(Cl)cc4)s3)C3=C2C(=O)CC(C)(C)C3)c1. The Bertz CT molecular complexity index is 1620. The first kappa shape index (κ1) is 28.7. The van der Waals surface area contributed by atoms with Gasteiger partial charge < -0.3 is 15.8 Å². The van der Waals surface area contributed by atoms with E-state index in [1.54, 1.807) is 36.3 Å². The average Bonchev–Trinajstić information content (AvgIpc) is 3.40. The van der Waals surface area contributed by atoms with Crippen LogP contribution in [-0.2, 0) is 9.59 Å². The number of allylic oxidation sites excluding steroid dienone is 3. The van der Waals surface area contributed by atoms with Crippen LogP contribution in [0.2, 0.25) is 5.02 Å². The van der Waals surface area contributed by atoms with Gasteiger partial charge in [0.15, 0.2) is 10.1 Å². The topological polar surface area (TPSA) is 134 Å². The molecule has 1 amide bonds. The van der Waals surface area contributed by atoms with Gasteiger partial charge in [0, 0.05) is 28.4 Å². The molecule has 1 aliphatic carbocycles. The zero-order valence-electron chi connectivity index (χ0n) is 22.6. The molecule has 12 heteroatoms.